The van der Waals surface area contributed by atoms with Crippen molar-refractivity contribution in [1.29, 1.82) is 5.26 Å². The van der Waals surface area contributed by atoms with Crippen LogP contribution in [-0.2, 0) is 6.61 Å². The van der Waals surface area contributed by atoms with E-state index in [2.05, 4.69) is 4.98 Å². The Bertz CT molecular complexity index is 966. The Balaban J connectivity index is 1.73. The molecule has 0 radical (unpaired) electrons. The first-order valence-electron chi connectivity index (χ1n) is 7.64. The van der Waals surface area contributed by atoms with E-state index in [0.29, 0.717) is 27.8 Å². The summed E-state index contributed by atoms with van der Waals surface area (Å²) in [5.41, 5.74) is 2.22. The van der Waals surface area contributed by atoms with Gasteiger partial charge in [-0.2, -0.15) is 5.26 Å². The fourth-order valence-electron chi connectivity index (χ4n) is 2.31. The van der Waals surface area contributed by atoms with Crippen LogP contribution in [0.2, 0.25) is 5.02 Å². The third-order valence-corrected chi connectivity index (χ3v) is 4.85. The molecule has 0 aliphatic heterocycles. The number of ether oxygens (including phenoxy) is 3. The molecule has 0 unspecified atom stereocenters. The van der Waals surface area contributed by atoms with Crippen molar-refractivity contribution in [2.45, 2.75) is 6.61 Å². The van der Waals surface area contributed by atoms with Gasteiger partial charge in [0.25, 0.3) is 0 Å². The van der Waals surface area contributed by atoms with Crippen molar-refractivity contribution in [2.75, 3.05) is 14.2 Å². The molecule has 1 aromatic heterocycles. The number of methoxy groups -OCH3 is 2. The third kappa shape index (κ3) is 3.90. The van der Waals surface area contributed by atoms with Gasteiger partial charge in [-0.3, -0.25) is 0 Å². The first-order valence-corrected chi connectivity index (χ1v) is 8.89. The van der Waals surface area contributed by atoms with Gasteiger partial charge in [0.1, 0.15) is 17.4 Å². The minimum absolute atomic E-state index is 0.287. The maximum absolute atomic E-state index is 8.87. The Kier molecular flexibility index (Phi) is 5.61. The summed E-state index contributed by atoms with van der Waals surface area (Å²) in [7, 11) is 3.20. The van der Waals surface area contributed by atoms with E-state index in [1.807, 2.05) is 29.6 Å². The number of hydrogen-bond acceptors (Lipinski definition) is 6. The topological polar surface area (TPSA) is 64.4 Å². The first-order chi connectivity index (χ1) is 12.6. The number of nitriles is 1. The molecule has 2 aromatic carbocycles. The van der Waals surface area contributed by atoms with E-state index in [9.17, 15) is 0 Å². The standard InChI is InChI=1S/C19H15ClN2O3S/c1-23-17-6-4-13(8-18(17)24-2)19-22-14(11-26-19)10-25-16-5-3-12(9-21)7-15(16)20/h3-8,11H,10H2,1-2H3. The van der Waals surface area contributed by atoms with Crippen LogP contribution in [0.1, 0.15) is 11.3 Å². The van der Waals surface area contributed by atoms with Crippen LogP contribution in [0, 0.1) is 11.3 Å². The van der Waals surface area contributed by atoms with E-state index in [-0.39, 0.29) is 6.61 Å². The second-order valence-electron chi connectivity index (χ2n) is 5.26. The Hall–Kier alpha value is -2.75. The summed E-state index contributed by atoms with van der Waals surface area (Å²) in [5.74, 6) is 1.85. The van der Waals surface area contributed by atoms with Gasteiger partial charge in [0.15, 0.2) is 11.5 Å². The summed E-state index contributed by atoms with van der Waals surface area (Å²) >= 11 is 7.63. The van der Waals surface area contributed by atoms with Crippen molar-refractivity contribution in [3.63, 3.8) is 0 Å². The molecule has 132 valence electrons. The molecule has 26 heavy (non-hydrogen) atoms. The Morgan fingerprint density at radius 1 is 1.08 bits per heavy atom. The average Bonchev–Trinajstić information content (AvgIpc) is 3.15. The fraction of sp³-hybridized carbons (Fsp3) is 0.158. The van der Waals surface area contributed by atoms with Gasteiger partial charge in [0.2, 0.25) is 0 Å². The molecule has 1 heterocycles. The van der Waals surface area contributed by atoms with Crippen molar-refractivity contribution >= 4 is 22.9 Å². The van der Waals surface area contributed by atoms with Crippen molar-refractivity contribution in [2.24, 2.45) is 0 Å². The number of nitrogens with zero attached hydrogens (tertiary/aromatic N) is 2. The number of halogens is 1. The molecule has 0 saturated carbocycles. The number of rotatable bonds is 6. The van der Waals surface area contributed by atoms with Crippen LogP contribution in [-0.4, -0.2) is 19.2 Å². The maximum atomic E-state index is 8.87. The van der Waals surface area contributed by atoms with E-state index in [1.54, 1.807) is 32.4 Å². The highest BCUT2D eigenvalue weighted by Crippen LogP contribution is 2.34. The van der Waals surface area contributed by atoms with Gasteiger partial charge >= 0.3 is 0 Å². The Morgan fingerprint density at radius 2 is 1.85 bits per heavy atom. The zero-order chi connectivity index (χ0) is 18.5. The van der Waals surface area contributed by atoms with E-state index >= 15 is 0 Å². The second-order valence-corrected chi connectivity index (χ2v) is 6.52. The molecule has 0 fully saturated rings. The van der Waals surface area contributed by atoms with Crippen LogP contribution in [0.3, 0.4) is 0 Å². The predicted molar refractivity (Wildman–Crippen MR) is 101 cm³/mol. The third-order valence-electron chi connectivity index (χ3n) is 3.62. The molecule has 3 aromatic rings. The molecule has 0 N–H and O–H groups in total. The highest BCUT2D eigenvalue weighted by Gasteiger charge is 2.11. The number of hydrogen-bond donors (Lipinski definition) is 0. The summed E-state index contributed by atoms with van der Waals surface area (Å²) in [6.45, 7) is 0.287. The van der Waals surface area contributed by atoms with Gasteiger partial charge in [-0.15, -0.1) is 11.3 Å². The largest absolute Gasteiger partial charge is 0.493 e. The number of thiazole rings is 1. The minimum atomic E-state index is 0.287. The van der Waals surface area contributed by atoms with Crippen LogP contribution in [0.4, 0.5) is 0 Å². The van der Waals surface area contributed by atoms with E-state index in [4.69, 9.17) is 31.1 Å². The molecule has 0 spiro atoms. The molecule has 0 aliphatic rings. The summed E-state index contributed by atoms with van der Waals surface area (Å²) in [5, 5.41) is 12.1. The van der Waals surface area contributed by atoms with Crippen molar-refractivity contribution in [1.82, 2.24) is 4.98 Å². The molecule has 3 rings (SSSR count). The fourth-order valence-corrected chi connectivity index (χ4v) is 3.35. The molecule has 7 heteroatoms. The first kappa shape index (κ1) is 18.1. The van der Waals surface area contributed by atoms with Crippen LogP contribution in [0.5, 0.6) is 17.2 Å². The molecule has 0 aliphatic carbocycles. The maximum Gasteiger partial charge on any atom is 0.161 e. The zero-order valence-corrected chi connectivity index (χ0v) is 15.7. The molecule has 0 bridgehead atoms. The van der Waals surface area contributed by atoms with Crippen molar-refractivity contribution < 1.29 is 14.2 Å². The van der Waals surface area contributed by atoms with Gasteiger partial charge in [0.05, 0.1) is 36.6 Å². The highest BCUT2D eigenvalue weighted by molar-refractivity contribution is 7.13. The normalized spacial score (nSPS) is 10.2. The Labute approximate surface area is 160 Å². The summed E-state index contributed by atoms with van der Waals surface area (Å²) in [6.07, 6.45) is 0. The van der Waals surface area contributed by atoms with Gasteiger partial charge < -0.3 is 14.2 Å². The van der Waals surface area contributed by atoms with Gasteiger partial charge in [-0.1, -0.05) is 11.6 Å². The SMILES string of the molecule is COc1ccc(-c2nc(COc3ccc(C#N)cc3Cl)cs2)cc1OC. The van der Waals surface area contributed by atoms with Crippen LogP contribution < -0.4 is 14.2 Å². The average molecular weight is 387 g/mol. The van der Waals surface area contributed by atoms with E-state index < -0.39 is 0 Å². The molecule has 0 saturated heterocycles. The molecule has 0 atom stereocenters. The Morgan fingerprint density at radius 3 is 2.54 bits per heavy atom. The van der Waals surface area contributed by atoms with Crippen molar-refractivity contribution in [3.05, 3.63) is 58.1 Å². The zero-order valence-electron chi connectivity index (χ0n) is 14.2. The van der Waals surface area contributed by atoms with Gasteiger partial charge in [-0.05, 0) is 36.4 Å². The van der Waals surface area contributed by atoms with Crippen LogP contribution in [0.15, 0.2) is 41.8 Å². The van der Waals surface area contributed by atoms with Gasteiger partial charge in [-0.25, -0.2) is 4.98 Å². The van der Waals surface area contributed by atoms with Gasteiger partial charge in [0, 0.05) is 10.9 Å². The summed E-state index contributed by atoms with van der Waals surface area (Å²) in [6, 6.07) is 12.6. The summed E-state index contributed by atoms with van der Waals surface area (Å²) < 4.78 is 16.3. The molecule has 5 nitrogen and oxygen atoms in total. The lowest BCUT2D eigenvalue weighted by atomic mass is 10.2. The van der Waals surface area contributed by atoms with E-state index in [1.165, 1.54) is 11.3 Å². The lowest BCUT2D eigenvalue weighted by molar-refractivity contribution is 0.302. The predicted octanol–water partition coefficient (Wildman–Crippen LogP) is 4.93. The number of aromatic nitrogens is 1. The monoisotopic (exact) mass is 386 g/mol. The molecule has 0 amide bonds. The quantitative estimate of drug-likeness (QED) is 0.600. The van der Waals surface area contributed by atoms with Crippen LogP contribution >= 0.6 is 22.9 Å². The van der Waals surface area contributed by atoms with Crippen LogP contribution in [0.25, 0.3) is 10.6 Å². The summed E-state index contributed by atoms with van der Waals surface area (Å²) in [4.78, 5) is 4.59. The number of benzene rings is 2. The van der Waals surface area contributed by atoms with E-state index in [0.717, 1.165) is 16.3 Å². The lowest BCUT2D eigenvalue weighted by Gasteiger charge is -2.08. The minimum Gasteiger partial charge on any atom is -0.493 e. The smallest absolute Gasteiger partial charge is 0.161 e. The molecular formula is C19H15ClN2O3S. The molecular weight excluding hydrogens is 372 g/mol. The lowest BCUT2D eigenvalue weighted by Crippen LogP contribution is -1.96. The highest BCUT2D eigenvalue weighted by atomic mass is 35.5. The second kappa shape index (κ2) is 8.09. The van der Waals surface area contributed by atoms with Crippen molar-refractivity contribution in [3.8, 4) is 33.9 Å².